The summed E-state index contributed by atoms with van der Waals surface area (Å²) >= 11 is 0. The number of hydrogen-bond donors (Lipinski definition) is 0. The molecule has 2 aromatic heterocycles. The number of halogens is 2. The Morgan fingerprint density at radius 1 is 0.906 bits per heavy atom. The predicted molar refractivity (Wildman–Crippen MR) is 115 cm³/mol. The molecule has 0 bridgehead atoms. The molecule has 0 radical (unpaired) electrons. The van der Waals surface area contributed by atoms with Crippen LogP contribution in [0.5, 0.6) is 0 Å². The first-order chi connectivity index (χ1) is 15.6. The SMILES string of the molecule is N#CC(C(=O)c1ccc(-n2cnc3ccccc32)cc1)c1nc2ccccc2n1C(F)F. The number of nitrogens with zero attached hydrogens (tertiary/aromatic N) is 5. The summed E-state index contributed by atoms with van der Waals surface area (Å²) in [5.74, 6) is -2.32. The summed E-state index contributed by atoms with van der Waals surface area (Å²) in [5, 5.41) is 9.68. The van der Waals surface area contributed by atoms with Gasteiger partial charge in [-0.1, -0.05) is 24.3 Å². The quantitative estimate of drug-likeness (QED) is 0.359. The van der Waals surface area contributed by atoms with Crippen molar-refractivity contribution in [2.45, 2.75) is 12.5 Å². The first kappa shape index (κ1) is 19.6. The van der Waals surface area contributed by atoms with Crippen molar-refractivity contribution < 1.29 is 13.6 Å². The van der Waals surface area contributed by atoms with Gasteiger partial charge in [-0.05, 0) is 48.5 Å². The van der Waals surface area contributed by atoms with Gasteiger partial charge in [0.15, 0.2) is 11.7 Å². The van der Waals surface area contributed by atoms with Gasteiger partial charge in [0.1, 0.15) is 12.2 Å². The molecule has 0 aliphatic heterocycles. The number of aromatic nitrogens is 4. The van der Waals surface area contributed by atoms with Gasteiger partial charge < -0.3 is 0 Å². The fourth-order valence-corrected chi connectivity index (χ4v) is 3.82. The van der Waals surface area contributed by atoms with Crippen LogP contribution in [0, 0.1) is 11.3 Å². The van der Waals surface area contributed by atoms with Crippen LogP contribution in [-0.4, -0.2) is 24.9 Å². The molecule has 0 amide bonds. The van der Waals surface area contributed by atoms with Crippen molar-refractivity contribution in [1.82, 2.24) is 19.1 Å². The van der Waals surface area contributed by atoms with Crippen molar-refractivity contribution >= 4 is 27.9 Å². The first-order valence-corrected chi connectivity index (χ1v) is 9.80. The number of carbonyl (C=O) groups excluding carboxylic acids is 1. The summed E-state index contributed by atoms with van der Waals surface area (Å²) in [5.41, 5.74) is 3.24. The molecule has 0 aliphatic rings. The van der Waals surface area contributed by atoms with Gasteiger partial charge in [-0.15, -0.1) is 0 Å². The van der Waals surface area contributed by atoms with E-state index in [1.807, 2.05) is 34.9 Å². The molecular formula is C24H15F2N5O. The van der Waals surface area contributed by atoms with Crippen LogP contribution in [0.15, 0.2) is 79.1 Å². The van der Waals surface area contributed by atoms with E-state index in [9.17, 15) is 18.8 Å². The molecule has 1 atom stereocenters. The second-order valence-electron chi connectivity index (χ2n) is 7.18. The summed E-state index contributed by atoms with van der Waals surface area (Å²) in [6.07, 6.45) is 1.69. The molecule has 5 aromatic rings. The molecule has 0 saturated heterocycles. The number of ketones is 1. The number of para-hydroxylation sites is 4. The van der Waals surface area contributed by atoms with Crippen LogP contribution in [0.2, 0.25) is 0 Å². The minimum absolute atomic E-state index is 0.174. The molecule has 156 valence electrons. The molecule has 0 saturated carbocycles. The van der Waals surface area contributed by atoms with Crippen molar-refractivity contribution in [3.63, 3.8) is 0 Å². The standard InChI is InChI=1S/C24H15F2N5O/c25-24(26)31-21-8-4-2-6-19(21)29-23(31)17(13-27)22(32)15-9-11-16(12-10-15)30-14-28-18-5-1-3-7-20(18)30/h1-12,14,17,24H. The number of fused-ring (bicyclic) bond motifs is 2. The van der Waals surface area contributed by atoms with Crippen LogP contribution in [0.1, 0.15) is 28.6 Å². The van der Waals surface area contributed by atoms with E-state index in [0.29, 0.717) is 10.1 Å². The van der Waals surface area contributed by atoms with Crippen LogP contribution < -0.4 is 0 Å². The van der Waals surface area contributed by atoms with Gasteiger partial charge in [0, 0.05) is 11.3 Å². The summed E-state index contributed by atoms with van der Waals surface area (Å²) in [4.78, 5) is 21.6. The molecule has 2 heterocycles. The van der Waals surface area contributed by atoms with E-state index < -0.39 is 18.3 Å². The molecule has 3 aromatic carbocycles. The Hall–Kier alpha value is -4.38. The highest BCUT2D eigenvalue weighted by atomic mass is 19.3. The summed E-state index contributed by atoms with van der Waals surface area (Å²) in [6.45, 7) is -2.93. The molecule has 32 heavy (non-hydrogen) atoms. The maximum absolute atomic E-state index is 13.8. The number of alkyl halides is 2. The average Bonchev–Trinajstić information content (AvgIpc) is 3.41. The fourth-order valence-electron chi connectivity index (χ4n) is 3.82. The smallest absolute Gasteiger partial charge is 0.299 e. The molecule has 0 spiro atoms. The van der Waals surface area contributed by atoms with E-state index >= 15 is 0 Å². The van der Waals surface area contributed by atoms with Gasteiger partial charge in [-0.3, -0.25) is 13.9 Å². The minimum atomic E-state index is -2.93. The highest BCUT2D eigenvalue weighted by Crippen LogP contribution is 2.29. The lowest BCUT2D eigenvalue weighted by atomic mass is 9.98. The zero-order valence-corrected chi connectivity index (χ0v) is 16.6. The minimum Gasteiger partial charge on any atom is -0.299 e. The van der Waals surface area contributed by atoms with E-state index in [1.165, 1.54) is 6.07 Å². The Balaban J connectivity index is 1.52. The van der Waals surface area contributed by atoms with Gasteiger partial charge in [0.05, 0.1) is 28.1 Å². The average molecular weight is 427 g/mol. The van der Waals surface area contributed by atoms with Crippen LogP contribution in [-0.2, 0) is 0 Å². The number of nitriles is 1. The van der Waals surface area contributed by atoms with Crippen LogP contribution >= 0.6 is 0 Å². The van der Waals surface area contributed by atoms with Gasteiger partial charge in [-0.25, -0.2) is 9.97 Å². The Kier molecular flexibility index (Phi) is 4.71. The molecule has 0 N–H and O–H groups in total. The number of benzene rings is 3. The maximum Gasteiger partial charge on any atom is 0.320 e. The second kappa shape index (κ2) is 7.71. The van der Waals surface area contributed by atoms with Crippen molar-refractivity contribution in [3.8, 4) is 11.8 Å². The van der Waals surface area contributed by atoms with E-state index in [-0.39, 0.29) is 16.9 Å². The lowest BCUT2D eigenvalue weighted by molar-refractivity contribution is 0.0701. The largest absolute Gasteiger partial charge is 0.320 e. The second-order valence-corrected chi connectivity index (χ2v) is 7.18. The summed E-state index contributed by atoms with van der Waals surface area (Å²) in [7, 11) is 0. The Morgan fingerprint density at radius 2 is 1.56 bits per heavy atom. The number of carbonyl (C=O) groups is 1. The van der Waals surface area contributed by atoms with Gasteiger partial charge in [0.25, 0.3) is 0 Å². The van der Waals surface area contributed by atoms with E-state index in [2.05, 4.69) is 9.97 Å². The van der Waals surface area contributed by atoms with Crippen LogP contribution in [0.3, 0.4) is 0 Å². The third-order valence-corrected chi connectivity index (χ3v) is 5.35. The van der Waals surface area contributed by atoms with Crippen LogP contribution in [0.4, 0.5) is 8.78 Å². The molecule has 1 unspecified atom stereocenters. The third kappa shape index (κ3) is 3.11. The zero-order chi connectivity index (χ0) is 22.2. The number of Topliss-reactive ketones (excluding diaryl/α,β-unsaturated/α-hetero) is 1. The van der Waals surface area contributed by atoms with Gasteiger partial charge >= 0.3 is 6.55 Å². The molecular weight excluding hydrogens is 412 g/mol. The Bertz CT molecular complexity index is 1490. The fraction of sp³-hybridized carbons (Fsp3) is 0.0833. The third-order valence-electron chi connectivity index (χ3n) is 5.35. The number of rotatable bonds is 5. The Morgan fingerprint density at radius 3 is 2.25 bits per heavy atom. The van der Waals surface area contributed by atoms with Crippen molar-refractivity contribution in [2.24, 2.45) is 0 Å². The van der Waals surface area contributed by atoms with Gasteiger partial charge in [0.2, 0.25) is 0 Å². The molecule has 8 heteroatoms. The molecule has 0 fully saturated rings. The van der Waals surface area contributed by atoms with Crippen molar-refractivity contribution in [1.29, 1.82) is 5.26 Å². The van der Waals surface area contributed by atoms with E-state index in [4.69, 9.17) is 0 Å². The number of hydrogen-bond acceptors (Lipinski definition) is 4. The lowest BCUT2D eigenvalue weighted by Gasteiger charge is -2.12. The van der Waals surface area contributed by atoms with Gasteiger partial charge in [-0.2, -0.15) is 14.0 Å². The molecule has 5 rings (SSSR count). The topological polar surface area (TPSA) is 76.5 Å². The molecule has 6 nitrogen and oxygen atoms in total. The highest BCUT2D eigenvalue weighted by molar-refractivity contribution is 6.02. The highest BCUT2D eigenvalue weighted by Gasteiger charge is 2.30. The number of imidazole rings is 2. The van der Waals surface area contributed by atoms with E-state index in [0.717, 1.165) is 16.7 Å². The summed E-state index contributed by atoms with van der Waals surface area (Å²) < 4.78 is 30.1. The maximum atomic E-state index is 13.8. The van der Waals surface area contributed by atoms with Crippen molar-refractivity contribution in [3.05, 3.63) is 90.5 Å². The van der Waals surface area contributed by atoms with E-state index in [1.54, 1.807) is 48.8 Å². The first-order valence-electron chi connectivity index (χ1n) is 9.80. The predicted octanol–water partition coefficient (Wildman–Crippen LogP) is 5.26. The normalized spacial score (nSPS) is 12.3. The zero-order valence-electron chi connectivity index (χ0n) is 16.6. The molecule has 0 aliphatic carbocycles. The Labute approximate surface area is 181 Å². The van der Waals surface area contributed by atoms with Crippen molar-refractivity contribution in [2.75, 3.05) is 0 Å². The summed E-state index contributed by atoms with van der Waals surface area (Å²) in [6, 6.07) is 22.4. The monoisotopic (exact) mass is 427 g/mol. The van der Waals surface area contributed by atoms with Crippen LogP contribution in [0.25, 0.3) is 27.8 Å². The lowest BCUT2D eigenvalue weighted by Crippen LogP contribution is -2.17.